The van der Waals surface area contributed by atoms with E-state index in [0.29, 0.717) is 9.52 Å². The molecule has 0 saturated heterocycles. The van der Waals surface area contributed by atoms with Crippen molar-refractivity contribution < 1.29 is 0 Å². The van der Waals surface area contributed by atoms with Gasteiger partial charge in [0.25, 0.3) is 0 Å². The van der Waals surface area contributed by atoms with Crippen LogP contribution in [0.4, 0.5) is 0 Å². The van der Waals surface area contributed by atoms with Gasteiger partial charge in [-0.05, 0) is 0 Å². The van der Waals surface area contributed by atoms with Gasteiger partial charge in [-0.2, -0.15) is 0 Å². The van der Waals surface area contributed by atoms with Crippen LogP contribution in [0.25, 0.3) is 0 Å². The van der Waals surface area contributed by atoms with Crippen LogP contribution >= 0.6 is 0 Å². The van der Waals surface area contributed by atoms with E-state index < -0.39 is 8.80 Å². The monoisotopic (exact) mass is 224 g/mol. The van der Waals surface area contributed by atoms with Gasteiger partial charge in [0.1, 0.15) is 0 Å². The van der Waals surface area contributed by atoms with Gasteiger partial charge in [0, 0.05) is 9.52 Å². The van der Waals surface area contributed by atoms with Crippen molar-refractivity contribution in [1.82, 2.24) is 0 Å². The highest BCUT2D eigenvalue weighted by atomic mass is 28.3. The minimum Gasteiger partial charge on any atom is -0.0748 e. The Kier molecular flexibility index (Phi) is 8.99. The number of rotatable bonds is 3. The van der Waals surface area contributed by atoms with E-state index in [0.717, 1.165) is 0 Å². The first-order chi connectivity index (χ1) is 6.76. The van der Waals surface area contributed by atoms with Gasteiger partial charge < -0.3 is 0 Å². The maximum Gasteiger partial charge on any atom is 0.0675 e. The summed E-state index contributed by atoms with van der Waals surface area (Å²) in [5, 5.41) is 1.59. The second-order valence-corrected chi connectivity index (χ2v) is 9.01. The van der Waals surface area contributed by atoms with E-state index in [2.05, 4.69) is 57.3 Å². The quantitative estimate of drug-likeness (QED) is 0.692. The Morgan fingerprint density at radius 3 is 2.00 bits per heavy atom. The molecule has 0 spiro atoms. The van der Waals surface area contributed by atoms with Crippen molar-refractivity contribution in [3.05, 3.63) is 30.3 Å². The third kappa shape index (κ3) is 6.16. The van der Waals surface area contributed by atoms with E-state index in [1.165, 1.54) is 12.1 Å². The largest absolute Gasteiger partial charge is 0.0748 e. The molecule has 0 radical (unpaired) electrons. The fourth-order valence-electron chi connectivity index (χ4n) is 1.02. The van der Waals surface area contributed by atoms with Crippen LogP contribution in [0.1, 0.15) is 13.8 Å². The molecule has 1 aromatic carbocycles. The zero-order valence-electron chi connectivity index (χ0n) is 10.1. The van der Waals surface area contributed by atoms with Crippen molar-refractivity contribution in [2.24, 2.45) is 0 Å². The summed E-state index contributed by atoms with van der Waals surface area (Å²) in [5.41, 5.74) is 0. The molecule has 0 aromatic heterocycles. The van der Waals surface area contributed by atoms with Gasteiger partial charge in [-0.3, -0.25) is 0 Å². The van der Waals surface area contributed by atoms with Crippen LogP contribution in [0, 0.1) is 0 Å². The minimum absolute atomic E-state index is 0.424. The number of hydrogen-bond donors (Lipinski definition) is 0. The van der Waals surface area contributed by atoms with Gasteiger partial charge in [-0.25, -0.2) is 0 Å². The van der Waals surface area contributed by atoms with E-state index >= 15 is 0 Å². The maximum atomic E-state index is 2.40. The molecule has 0 aliphatic heterocycles. The summed E-state index contributed by atoms with van der Waals surface area (Å²) in [6.45, 7) is 9.24. The average Bonchev–Trinajstić information content (AvgIpc) is 2.29. The molecule has 0 fully saturated rings. The third-order valence-electron chi connectivity index (χ3n) is 2.48. The van der Waals surface area contributed by atoms with Gasteiger partial charge in [-0.1, -0.05) is 74.5 Å². The van der Waals surface area contributed by atoms with Crippen molar-refractivity contribution in [3.8, 4) is 0 Å². The summed E-state index contributed by atoms with van der Waals surface area (Å²) in [6, 6.07) is 13.7. The smallest absolute Gasteiger partial charge is 0.0675 e. The number of benzene rings is 1. The zero-order valence-corrected chi connectivity index (χ0v) is 12.7. The predicted octanol–water partition coefficient (Wildman–Crippen LogP) is 2.41. The molecule has 0 saturated carbocycles. The van der Waals surface area contributed by atoms with Crippen molar-refractivity contribution in [2.45, 2.75) is 39.0 Å². The Morgan fingerprint density at radius 1 is 1.14 bits per heavy atom. The standard InChI is InChI=1S/C9H14Si.C3H10Si/c1-3-10(2)9-7-5-4-6-8-9;1-3-4-2/h4-8,10H,3H2,1-2H3;3-4H2,1-2H3. The highest BCUT2D eigenvalue weighted by molar-refractivity contribution is 6.71. The van der Waals surface area contributed by atoms with Crippen LogP contribution in [0.2, 0.25) is 25.2 Å². The Labute approximate surface area is 93.2 Å². The molecule has 80 valence electrons. The van der Waals surface area contributed by atoms with Crippen LogP contribution in [0.3, 0.4) is 0 Å². The van der Waals surface area contributed by atoms with Crippen LogP contribution in [0.5, 0.6) is 0 Å². The molecular formula is C12H24Si2. The van der Waals surface area contributed by atoms with E-state index in [9.17, 15) is 0 Å². The van der Waals surface area contributed by atoms with Crippen LogP contribution < -0.4 is 5.19 Å². The van der Waals surface area contributed by atoms with E-state index in [1.807, 2.05) is 0 Å². The molecule has 2 heteroatoms. The molecular weight excluding hydrogens is 200 g/mol. The molecule has 1 aromatic rings. The second-order valence-electron chi connectivity index (χ2n) is 3.72. The summed E-state index contributed by atoms with van der Waals surface area (Å²) >= 11 is 0. The highest BCUT2D eigenvalue weighted by Crippen LogP contribution is 1.92. The molecule has 0 N–H and O–H groups in total. The molecule has 0 heterocycles. The molecule has 1 unspecified atom stereocenters. The van der Waals surface area contributed by atoms with Gasteiger partial charge >= 0.3 is 0 Å². The Morgan fingerprint density at radius 2 is 1.64 bits per heavy atom. The summed E-state index contributed by atoms with van der Waals surface area (Å²) in [6.07, 6.45) is 0. The molecule has 14 heavy (non-hydrogen) atoms. The van der Waals surface area contributed by atoms with E-state index in [-0.39, 0.29) is 0 Å². The van der Waals surface area contributed by atoms with Gasteiger partial charge in [-0.15, -0.1) is 0 Å². The fraction of sp³-hybridized carbons (Fsp3) is 0.500. The first-order valence-electron chi connectivity index (χ1n) is 5.81. The summed E-state index contributed by atoms with van der Waals surface area (Å²) in [5.74, 6) is 0. The Balaban J connectivity index is 0.000000364. The van der Waals surface area contributed by atoms with Gasteiger partial charge in [0.15, 0.2) is 0 Å². The molecule has 0 amide bonds. The highest BCUT2D eigenvalue weighted by Gasteiger charge is 2.01. The van der Waals surface area contributed by atoms with Crippen LogP contribution in [-0.4, -0.2) is 18.3 Å². The van der Waals surface area contributed by atoms with E-state index in [4.69, 9.17) is 0 Å². The summed E-state index contributed by atoms with van der Waals surface area (Å²) in [7, 11) is -0.115. The number of hydrogen-bond acceptors (Lipinski definition) is 0. The SMILES string of the molecule is CC[SiH2]C.CC[SiH](C)c1ccccc1. The first kappa shape index (κ1) is 13.7. The summed E-state index contributed by atoms with van der Waals surface area (Å²) in [4.78, 5) is 0. The molecule has 0 aliphatic rings. The molecule has 1 rings (SSSR count). The molecule has 1 atom stereocenters. The van der Waals surface area contributed by atoms with Crippen LogP contribution in [-0.2, 0) is 0 Å². The molecule has 0 bridgehead atoms. The Hall–Kier alpha value is -0.346. The van der Waals surface area contributed by atoms with Crippen molar-refractivity contribution in [3.63, 3.8) is 0 Å². The van der Waals surface area contributed by atoms with Crippen molar-refractivity contribution in [2.75, 3.05) is 0 Å². The third-order valence-corrected chi connectivity index (χ3v) is 6.23. The van der Waals surface area contributed by atoms with Crippen molar-refractivity contribution in [1.29, 1.82) is 0 Å². The van der Waals surface area contributed by atoms with Crippen LogP contribution in [0.15, 0.2) is 30.3 Å². The lowest BCUT2D eigenvalue weighted by atomic mass is 10.4. The first-order valence-corrected chi connectivity index (χ1v) is 10.8. The maximum absolute atomic E-state index is 2.40. The topological polar surface area (TPSA) is 0 Å². The zero-order chi connectivity index (χ0) is 10.8. The fourth-order valence-corrected chi connectivity index (χ4v) is 2.37. The average molecular weight is 224 g/mol. The lowest BCUT2D eigenvalue weighted by Gasteiger charge is -2.04. The normalized spacial score (nSPS) is 12.3. The lowest BCUT2D eigenvalue weighted by Crippen LogP contribution is -2.24. The Bertz CT molecular complexity index is 207. The van der Waals surface area contributed by atoms with Gasteiger partial charge in [0.2, 0.25) is 0 Å². The second kappa shape index (κ2) is 9.22. The summed E-state index contributed by atoms with van der Waals surface area (Å²) < 4.78 is 0. The van der Waals surface area contributed by atoms with Gasteiger partial charge in [0.05, 0.1) is 8.80 Å². The predicted molar refractivity (Wildman–Crippen MR) is 74.5 cm³/mol. The molecule has 0 nitrogen and oxygen atoms in total. The molecule has 0 aliphatic carbocycles. The minimum atomic E-state index is -0.540. The lowest BCUT2D eigenvalue weighted by molar-refractivity contribution is 1.43. The van der Waals surface area contributed by atoms with E-state index in [1.54, 1.807) is 5.19 Å². The van der Waals surface area contributed by atoms with Crippen molar-refractivity contribution >= 4 is 23.5 Å².